The van der Waals surface area contributed by atoms with Crippen LogP contribution in [0.5, 0.6) is 0 Å². The summed E-state index contributed by atoms with van der Waals surface area (Å²) in [7, 11) is 0. The highest BCUT2D eigenvalue weighted by molar-refractivity contribution is 7.99. The van der Waals surface area contributed by atoms with Gasteiger partial charge in [-0.05, 0) is 24.8 Å². The van der Waals surface area contributed by atoms with Crippen LogP contribution in [0.2, 0.25) is 0 Å². The molecule has 3 aromatic rings. The fourth-order valence-corrected chi connectivity index (χ4v) is 6.30. The van der Waals surface area contributed by atoms with E-state index in [1.54, 1.807) is 21.3 Å². The number of hydrogen-bond acceptors (Lipinski definition) is 10. The number of hydrogen-bond donors (Lipinski definition) is 4. The first-order valence-corrected chi connectivity index (χ1v) is 14.5. The van der Waals surface area contributed by atoms with Crippen LogP contribution < -0.4 is 10.6 Å². The Kier molecular flexibility index (Phi) is 7.21. The van der Waals surface area contributed by atoms with E-state index in [9.17, 15) is 15.0 Å². The highest BCUT2D eigenvalue weighted by Crippen LogP contribution is 2.44. The summed E-state index contributed by atoms with van der Waals surface area (Å²) in [5.74, 6) is 1.09. The SMILES string of the molecule is CCCSc1nc(NC2CC2c2ccccc2)c2nnn([C@H]3C[C@@H](C(=O)N4CCNCC4)[C@H](O)[C@@H]3O)c2n1. The molecule has 1 saturated heterocycles. The lowest BCUT2D eigenvalue weighted by atomic mass is 10.0. The summed E-state index contributed by atoms with van der Waals surface area (Å²) < 4.78 is 1.58. The van der Waals surface area contributed by atoms with Gasteiger partial charge in [-0.2, -0.15) is 0 Å². The molecule has 202 valence electrons. The number of benzene rings is 1. The van der Waals surface area contributed by atoms with Crippen LogP contribution in [-0.2, 0) is 4.79 Å². The molecule has 2 unspecified atom stereocenters. The molecule has 11 nitrogen and oxygen atoms in total. The molecule has 0 bridgehead atoms. The number of rotatable bonds is 8. The molecular formula is C26H34N8O3S. The number of aliphatic hydroxyl groups excluding tert-OH is 2. The monoisotopic (exact) mass is 538 g/mol. The van der Waals surface area contributed by atoms with E-state index in [0.29, 0.717) is 41.1 Å². The van der Waals surface area contributed by atoms with Crippen LogP contribution in [0.25, 0.3) is 11.2 Å². The molecular weight excluding hydrogens is 504 g/mol. The van der Waals surface area contributed by atoms with Gasteiger partial charge in [0.05, 0.1) is 18.1 Å². The maximum absolute atomic E-state index is 13.2. The second-order valence-corrected chi connectivity index (χ2v) is 11.4. The predicted molar refractivity (Wildman–Crippen MR) is 144 cm³/mol. The van der Waals surface area contributed by atoms with Crippen molar-refractivity contribution in [2.24, 2.45) is 5.92 Å². The first-order valence-electron chi connectivity index (χ1n) is 13.5. The van der Waals surface area contributed by atoms with E-state index in [2.05, 4.69) is 52.1 Å². The molecule has 12 heteroatoms. The van der Waals surface area contributed by atoms with E-state index in [1.807, 2.05) is 6.07 Å². The molecule has 3 fully saturated rings. The van der Waals surface area contributed by atoms with E-state index in [0.717, 1.165) is 31.7 Å². The van der Waals surface area contributed by atoms with Gasteiger partial charge in [0.25, 0.3) is 0 Å². The minimum atomic E-state index is -1.17. The number of aliphatic hydroxyl groups is 2. The van der Waals surface area contributed by atoms with E-state index in [-0.39, 0.29) is 18.4 Å². The lowest BCUT2D eigenvalue weighted by Gasteiger charge is -2.30. The number of thioether (sulfide) groups is 1. The number of aromatic nitrogens is 5. The second-order valence-electron chi connectivity index (χ2n) is 10.4. The van der Waals surface area contributed by atoms with Gasteiger partial charge in [0.15, 0.2) is 22.1 Å². The van der Waals surface area contributed by atoms with Crippen molar-refractivity contribution >= 4 is 34.7 Å². The van der Waals surface area contributed by atoms with Crippen molar-refractivity contribution in [2.75, 3.05) is 37.2 Å². The van der Waals surface area contributed by atoms with Crippen LogP contribution in [0.1, 0.15) is 43.7 Å². The minimum absolute atomic E-state index is 0.123. The Labute approximate surface area is 225 Å². The van der Waals surface area contributed by atoms with Crippen LogP contribution in [0.15, 0.2) is 35.5 Å². The summed E-state index contributed by atoms with van der Waals surface area (Å²) in [6.07, 6.45) is -0.0699. The van der Waals surface area contributed by atoms with Gasteiger partial charge in [0, 0.05) is 43.9 Å². The van der Waals surface area contributed by atoms with Crippen LogP contribution >= 0.6 is 11.8 Å². The van der Waals surface area contributed by atoms with Gasteiger partial charge in [-0.25, -0.2) is 14.6 Å². The number of amides is 1. The fraction of sp³-hybridized carbons (Fsp3) is 0.577. The maximum atomic E-state index is 13.2. The number of anilines is 1. The molecule has 3 heterocycles. The van der Waals surface area contributed by atoms with E-state index >= 15 is 0 Å². The normalized spacial score (nSPS) is 29.1. The van der Waals surface area contributed by atoms with Crippen LogP contribution in [0.3, 0.4) is 0 Å². The molecule has 6 rings (SSSR count). The Balaban J connectivity index is 1.28. The summed E-state index contributed by atoms with van der Waals surface area (Å²) in [6.45, 7) is 4.76. The summed E-state index contributed by atoms with van der Waals surface area (Å²) >= 11 is 1.56. The summed E-state index contributed by atoms with van der Waals surface area (Å²) in [4.78, 5) is 24.5. The molecule has 3 aliphatic rings. The third-order valence-corrected chi connectivity index (χ3v) is 8.84. The van der Waals surface area contributed by atoms with Crippen molar-refractivity contribution in [3.05, 3.63) is 35.9 Å². The van der Waals surface area contributed by atoms with Gasteiger partial charge in [0.1, 0.15) is 6.10 Å². The zero-order chi connectivity index (χ0) is 26.2. The van der Waals surface area contributed by atoms with Crippen molar-refractivity contribution in [2.45, 2.75) is 61.6 Å². The average Bonchev–Trinajstić information content (AvgIpc) is 3.50. The van der Waals surface area contributed by atoms with Gasteiger partial charge < -0.3 is 25.7 Å². The second kappa shape index (κ2) is 10.8. The van der Waals surface area contributed by atoms with Crippen molar-refractivity contribution in [3.8, 4) is 0 Å². The van der Waals surface area contributed by atoms with Gasteiger partial charge in [-0.1, -0.05) is 54.2 Å². The first-order chi connectivity index (χ1) is 18.5. The lowest BCUT2D eigenvalue weighted by Crippen LogP contribution is -2.50. The number of fused-ring (bicyclic) bond motifs is 1. The molecule has 0 spiro atoms. The topological polar surface area (TPSA) is 141 Å². The Bertz CT molecular complexity index is 1280. The fourth-order valence-electron chi connectivity index (χ4n) is 5.61. The molecule has 1 aromatic carbocycles. The Hall–Kier alpha value is -2.80. The molecule has 6 atom stereocenters. The maximum Gasteiger partial charge on any atom is 0.228 e. The minimum Gasteiger partial charge on any atom is -0.390 e. The van der Waals surface area contributed by atoms with E-state index in [1.165, 1.54) is 5.56 Å². The van der Waals surface area contributed by atoms with Gasteiger partial charge >= 0.3 is 0 Å². The first kappa shape index (κ1) is 25.5. The summed E-state index contributed by atoms with van der Waals surface area (Å²) in [5, 5.41) is 38.1. The molecule has 38 heavy (non-hydrogen) atoms. The molecule has 4 N–H and O–H groups in total. The standard InChI is InChI=1S/C26H34N8O3S/c1-2-12-38-26-29-23(28-18-13-16(18)15-6-4-3-5-7-15)20-24(30-26)34(32-31-20)19-14-17(21(35)22(19)36)25(37)33-10-8-27-9-11-33/h3-7,16-19,21-22,27,35-36H,2,8-14H2,1H3,(H,28,29,30)/t16?,17-,18?,19+,21+,22-/m1/s1. The van der Waals surface area contributed by atoms with E-state index in [4.69, 9.17) is 9.97 Å². The van der Waals surface area contributed by atoms with Crippen LogP contribution in [0.4, 0.5) is 5.82 Å². The molecule has 2 aliphatic carbocycles. The van der Waals surface area contributed by atoms with Crippen LogP contribution in [-0.4, -0.2) is 96.2 Å². The molecule has 1 amide bonds. The van der Waals surface area contributed by atoms with Gasteiger partial charge in [-0.3, -0.25) is 4.79 Å². The average molecular weight is 539 g/mol. The zero-order valence-electron chi connectivity index (χ0n) is 21.4. The highest BCUT2D eigenvalue weighted by Gasteiger charge is 2.48. The molecule has 0 radical (unpaired) electrons. The Morgan fingerprint density at radius 2 is 1.92 bits per heavy atom. The van der Waals surface area contributed by atoms with Crippen LogP contribution in [0, 0.1) is 5.92 Å². The zero-order valence-corrected chi connectivity index (χ0v) is 22.2. The molecule has 1 aliphatic heterocycles. The van der Waals surface area contributed by atoms with Crippen molar-refractivity contribution in [1.29, 1.82) is 0 Å². The molecule has 2 saturated carbocycles. The number of carbonyl (C=O) groups excluding carboxylic acids is 1. The van der Waals surface area contributed by atoms with Crippen molar-refractivity contribution < 1.29 is 15.0 Å². The highest BCUT2D eigenvalue weighted by atomic mass is 32.2. The largest absolute Gasteiger partial charge is 0.390 e. The Morgan fingerprint density at radius 1 is 1.13 bits per heavy atom. The summed E-state index contributed by atoms with van der Waals surface area (Å²) in [5.41, 5.74) is 2.33. The molecule has 2 aromatic heterocycles. The smallest absolute Gasteiger partial charge is 0.228 e. The number of carbonyl (C=O) groups is 1. The van der Waals surface area contributed by atoms with E-state index < -0.39 is 24.2 Å². The third kappa shape index (κ3) is 4.86. The quantitative estimate of drug-likeness (QED) is 0.246. The number of nitrogens with one attached hydrogen (secondary N) is 2. The predicted octanol–water partition coefficient (Wildman–Crippen LogP) is 1.41. The lowest BCUT2D eigenvalue weighted by molar-refractivity contribution is -0.140. The van der Waals surface area contributed by atoms with Gasteiger partial charge in [0.2, 0.25) is 5.91 Å². The number of piperazine rings is 1. The number of nitrogens with zero attached hydrogens (tertiary/aromatic N) is 6. The van der Waals surface area contributed by atoms with Gasteiger partial charge in [-0.15, -0.1) is 5.10 Å². The van der Waals surface area contributed by atoms with Crippen molar-refractivity contribution in [3.63, 3.8) is 0 Å². The Morgan fingerprint density at radius 3 is 2.68 bits per heavy atom. The van der Waals surface area contributed by atoms with Crippen molar-refractivity contribution in [1.82, 2.24) is 35.2 Å². The third-order valence-electron chi connectivity index (χ3n) is 7.79. The summed E-state index contributed by atoms with van der Waals surface area (Å²) in [6, 6.07) is 10.0.